The van der Waals surface area contributed by atoms with Crippen LogP contribution in [0, 0.1) is 5.82 Å². The third kappa shape index (κ3) is 3.63. The highest BCUT2D eigenvalue weighted by atomic mass is 19.1. The Morgan fingerprint density at radius 1 is 1.21 bits per heavy atom. The van der Waals surface area contributed by atoms with Crippen LogP contribution in [0.25, 0.3) is 0 Å². The van der Waals surface area contributed by atoms with Gasteiger partial charge in [0, 0.05) is 31.7 Å². The second-order valence-corrected chi connectivity index (χ2v) is 6.16. The molecule has 0 aromatic heterocycles. The number of nitrogens with zero attached hydrogens (tertiary/aromatic N) is 1. The van der Waals surface area contributed by atoms with Crippen LogP contribution in [-0.2, 0) is 6.54 Å². The lowest BCUT2D eigenvalue weighted by Crippen LogP contribution is -2.24. The van der Waals surface area contributed by atoms with Gasteiger partial charge in [-0.05, 0) is 41.8 Å². The summed E-state index contributed by atoms with van der Waals surface area (Å²) in [5, 5.41) is 12.6. The standard InChI is InChI=1S/C19H21FN2O2/c1-21-19(24)15-4-2-13(3-5-15)11-22-12-17(23)10-18(22)14-6-8-16(20)9-7-14/h2-9,17-18,23H,10-12H2,1H3,(H,21,24)/t17-,18+/m0/s1. The summed E-state index contributed by atoms with van der Waals surface area (Å²) in [7, 11) is 1.61. The molecule has 3 rings (SSSR count). The average molecular weight is 328 g/mol. The Labute approximate surface area is 140 Å². The van der Waals surface area contributed by atoms with Crippen molar-refractivity contribution in [2.24, 2.45) is 0 Å². The second kappa shape index (κ2) is 7.11. The lowest BCUT2D eigenvalue weighted by molar-refractivity contribution is 0.0963. The van der Waals surface area contributed by atoms with E-state index in [1.165, 1.54) is 12.1 Å². The number of hydrogen-bond acceptors (Lipinski definition) is 3. The van der Waals surface area contributed by atoms with E-state index < -0.39 is 0 Å². The summed E-state index contributed by atoms with van der Waals surface area (Å²) in [4.78, 5) is 13.8. The summed E-state index contributed by atoms with van der Waals surface area (Å²) >= 11 is 0. The van der Waals surface area contributed by atoms with Crippen LogP contribution in [0.2, 0.25) is 0 Å². The first kappa shape index (κ1) is 16.6. The largest absolute Gasteiger partial charge is 0.392 e. The van der Waals surface area contributed by atoms with Gasteiger partial charge in [-0.15, -0.1) is 0 Å². The van der Waals surface area contributed by atoms with Crippen LogP contribution in [-0.4, -0.2) is 35.6 Å². The van der Waals surface area contributed by atoms with Gasteiger partial charge in [-0.25, -0.2) is 4.39 Å². The van der Waals surface area contributed by atoms with Gasteiger partial charge in [0.2, 0.25) is 0 Å². The number of aliphatic hydroxyl groups is 1. The summed E-state index contributed by atoms with van der Waals surface area (Å²) in [5.74, 6) is -0.365. The minimum absolute atomic E-state index is 0.0687. The molecule has 1 aliphatic heterocycles. The van der Waals surface area contributed by atoms with E-state index >= 15 is 0 Å². The Kier molecular flexibility index (Phi) is 4.92. The number of carbonyl (C=O) groups is 1. The molecule has 0 bridgehead atoms. The highest BCUT2D eigenvalue weighted by Gasteiger charge is 2.31. The molecule has 2 aromatic rings. The van der Waals surface area contributed by atoms with Crippen molar-refractivity contribution in [2.45, 2.75) is 25.1 Å². The quantitative estimate of drug-likeness (QED) is 0.907. The van der Waals surface area contributed by atoms with Gasteiger partial charge < -0.3 is 10.4 Å². The molecule has 0 unspecified atom stereocenters. The van der Waals surface area contributed by atoms with Crippen molar-refractivity contribution in [3.63, 3.8) is 0 Å². The number of rotatable bonds is 4. The molecule has 0 spiro atoms. The normalized spacial score (nSPS) is 21.0. The highest BCUT2D eigenvalue weighted by Crippen LogP contribution is 2.33. The number of nitrogens with one attached hydrogen (secondary N) is 1. The molecule has 1 amide bonds. The third-order valence-electron chi connectivity index (χ3n) is 4.46. The minimum Gasteiger partial charge on any atom is -0.392 e. The zero-order valence-corrected chi connectivity index (χ0v) is 13.6. The molecular weight excluding hydrogens is 307 g/mol. The first-order valence-corrected chi connectivity index (χ1v) is 8.05. The Morgan fingerprint density at radius 2 is 1.88 bits per heavy atom. The fourth-order valence-electron chi connectivity index (χ4n) is 3.23. The van der Waals surface area contributed by atoms with Crippen LogP contribution in [0.4, 0.5) is 4.39 Å². The van der Waals surface area contributed by atoms with Crippen LogP contribution in [0.15, 0.2) is 48.5 Å². The Balaban J connectivity index is 1.75. The molecule has 2 atom stereocenters. The van der Waals surface area contributed by atoms with Crippen LogP contribution < -0.4 is 5.32 Å². The van der Waals surface area contributed by atoms with Crippen molar-refractivity contribution in [3.8, 4) is 0 Å². The fourth-order valence-corrected chi connectivity index (χ4v) is 3.23. The molecule has 5 heteroatoms. The molecule has 0 radical (unpaired) electrons. The maximum atomic E-state index is 13.1. The van der Waals surface area contributed by atoms with E-state index in [1.54, 1.807) is 31.3 Å². The molecule has 2 aromatic carbocycles. The van der Waals surface area contributed by atoms with Crippen molar-refractivity contribution in [1.29, 1.82) is 0 Å². The first-order valence-electron chi connectivity index (χ1n) is 8.05. The lowest BCUT2D eigenvalue weighted by Gasteiger charge is -2.24. The lowest BCUT2D eigenvalue weighted by atomic mass is 10.0. The van der Waals surface area contributed by atoms with E-state index in [-0.39, 0.29) is 23.9 Å². The van der Waals surface area contributed by atoms with Crippen molar-refractivity contribution < 1.29 is 14.3 Å². The van der Waals surface area contributed by atoms with Gasteiger partial charge in [-0.3, -0.25) is 9.69 Å². The minimum atomic E-state index is -0.384. The van der Waals surface area contributed by atoms with Crippen LogP contribution >= 0.6 is 0 Å². The zero-order valence-electron chi connectivity index (χ0n) is 13.6. The van der Waals surface area contributed by atoms with Gasteiger partial charge in [0.15, 0.2) is 0 Å². The van der Waals surface area contributed by atoms with Crippen LogP contribution in [0.3, 0.4) is 0 Å². The highest BCUT2D eigenvalue weighted by molar-refractivity contribution is 5.93. The van der Waals surface area contributed by atoms with E-state index in [0.717, 1.165) is 11.1 Å². The summed E-state index contributed by atoms with van der Waals surface area (Å²) in [5.41, 5.74) is 2.71. The zero-order chi connectivity index (χ0) is 17.1. The van der Waals surface area contributed by atoms with E-state index in [4.69, 9.17) is 0 Å². The van der Waals surface area contributed by atoms with Gasteiger partial charge in [0.05, 0.1) is 6.10 Å². The first-order chi connectivity index (χ1) is 11.6. The van der Waals surface area contributed by atoms with E-state index in [1.807, 2.05) is 12.1 Å². The van der Waals surface area contributed by atoms with E-state index in [2.05, 4.69) is 10.2 Å². The van der Waals surface area contributed by atoms with Crippen molar-refractivity contribution in [1.82, 2.24) is 10.2 Å². The van der Waals surface area contributed by atoms with E-state index in [9.17, 15) is 14.3 Å². The predicted octanol–water partition coefficient (Wildman–Crippen LogP) is 2.49. The molecule has 4 nitrogen and oxygen atoms in total. The van der Waals surface area contributed by atoms with Gasteiger partial charge in [-0.1, -0.05) is 24.3 Å². The predicted molar refractivity (Wildman–Crippen MR) is 90.0 cm³/mol. The van der Waals surface area contributed by atoms with Crippen LogP contribution in [0.1, 0.15) is 33.9 Å². The number of aliphatic hydroxyl groups excluding tert-OH is 1. The number of hydrogen-bond donors (Lipinski definition) is 2. The van der Waals surface area contributed by atoms with Crippen molar-refractivity contribution in [2.75, 3.05) is 13.6 Å². The van der Waals surface area contributed by atoms with Crippen molar-refractivity contribution >= 4 is 5.91 Å². The number of halogens is 1. The monoisotopic (exact) mass is 328 g/mol. The average Bonchev–Trinajstić information content (AvgIpc) is 2.96. The molecule has 1 saturated heterocycles. The summed E-state index contributed by atoms with van der Waals surface area (Å²) in [6.45, 7) is 1.26. The molecular formula is C19H21FN2O2. The molecule has 2 N–H and O–H groups in total. The maximum Gasteiger partial charge on any atom is 0.251 e. The number of benzene rings is 2. The van der Waals surface area contributed by atoms with E-state index in [0.29, 0.717) is 25.1 Å². The van der Waals surface area contributed by atoms with Crippen molar-refractivity contribution in [3.05, 3.63) is 71.0 Å². The smallest absolute Gasteiger partial charge is 0.251 e. The Morgan fingerprint density at radius 3 is 2.50 bits per heavy atom. The number of likely N-dealkylation sites (tertiary alicyclic amines) is 1. The molecule has 24 heavy (non-hydrogen) atoms. The summed E-state index contributed by atoms with van der Waals surface area (Å²) < 4.78 is 13.1. The maximum absolute atomic E-state index is 13.1. The summed E-state index contributed by atoms with van der Waals surface area (Å²) in [6.07, 6.45) is 0.257. The van der Waals surface area contributed by atoms with Gasteiger partial charge in [0.1, 0.15) is 5.82 Å². The number of amides is 1. The Hall–Kier alpha value is -2.24. The molecule has 0 saturated carbocycles. The number of β-amino-alcohol motifs (C(OH)–C–C–N with tert-alkyl or cyclic N) is 1. The topological polar surface area (TPSA) is 52.6 Å². The molecule has 126 valence electrons. The summed E-state index contributed by atoms with van der Waals surface area (Å²) in [6, 6.07) is 14.0. The third-order valence-corrected chi connectivity index (χ3v) is 4.46. The van der Waals surface area contributed by atoms with Gasteiger partial charge in [-0.2, -0.15) is 0 Å². The fraction of sp³-hybridized carbons (Fsp3) is 0.316. The molecule has 0 aliphatic carbocycles. The molecule has 1 heterocycles. The Bertz CT molecular complexity index is 700. The number of carbonyl (C=O) groups excluding carboxylic acids is 1. The van der Waals surface area contributed by atoms with Crippen LogP contribution in [0.5, 0.6) is 0 Å². The second-order valence-electron chi connectivity index (χ2n) is 6.16. The molecule has 1 fully saturated rings. The SMILES string of the molecule is CNC(=O)c1ccc(CN2C[C@@H](O)C[C@@H]2c2ccc(F)cc2)cc1. The van der Waals surface area contributed by atoms with Gasteiger partial charge >= 0.3 is 0 Å². The van der Waals surface area contributed by atoms with Gasteiger partial charge in [0.25, 0.3) is 5.91 Å². The molecule has 1 aliphatic rings.